The van der Waals surface area contributed by atoms with Gasteiger partial charge in [-0.2, -0.15) is 0 Å². The topological polar surface area (TPSA) is 0 Å². The smallest absolute Gasteiger partial charge is 0.0356 e. The molecule has 0 amide bonds. The number of rotatable bonds is 0. The SMILES string of the molecule is CC1(C)SSCCSSC1(C)C. The van der Waals surface area contributed by atoms with E-state index in [2.05, 4.69) is 27.7 Å². The first kappa shape index (κ1) is 11.5. The molecule has 1 rings (SSSR count). The van der Waals surface area contributed by atoms with E-state index >= 15 is 0 Å². The van der Waals surface area contributed by atoms with E-state index in [0.717, 1.165) is 0 Å². The first-order chi connectivity index (χ1) is 5.46. The lowest BCUT2D eigenvalue weighted by Crippen LogP contribution is -2.38. The van der Waals surface area contributed by atoms with Crippen LogP contribution in [-0.4, -0.2) is 21.0 Å². The van der Waals surface area contributed by atoms with Crippen molar-refractivity contribution in [2.75, 3.05) is 11.5 Å². The minimum atomic E-state index is 0.371. The third-order valence-corrected chi connectivity index (χ3v) is 9.66. The van der Waals surface area contributed by atoms with E-state index in [9.17, 15) is 0 Å². The molecule has 1 fully saturated rings. The Kier molecular flexibility index (Phi) is 4.09. The summed E-state index contributed by atoms with van der Waals surface area (Å²) in [5, 5.41) is 0. The fourth-order valence-corrected chi connectivity index (χ4v) is 7.66. The van der Waals surface area contributed by atoms with Crippen LogP contribution in [0.5, 0.6) is 0 Å². The molecule has 0 N–H and O–H groups in total. The molecular formula is C8H16S4. The Labute approximate surface area is 91.6 Å². The Hall–Kier alpha value is 1.40. The van der Waals surface area contributed by atoms with Crippen molar-refractivity contribution in [1.29, 1.82) is 0 Å². The van der Waals surface area contributed by atoms with Gasteiger partial charge in [-0.05, 0) is 27.7 Å². The summed E-state index contributed by atoms with van der Waals surface area (Å²) in [4.78, 5) is 0. The first-order valence-electron chi connectivity index (χ1n) is 4.07. The Morgan fingerprint density at radius 3 is 1.42 bits per heavy atom. The van der Waals surface area contributed by atoms with Gasteiger partial charge in [-0.25, -0.2) is 0 Å². The molecule has 0 atom stereocenters. The summed E-state index contributed by atoms with van der Waals surface area (Å²) in [6.07, 6.45) is 0. The maximum absolute atomic E-state index is 2.35. The summed E-state index contributed by atoms with van der Waals surface area (Å²) in [5.74, 6) is 2.56. The standard InChI is InChI=1S/C8H16S4/c1-7(2)8(3,4)12-10-6-5-9-11-7/h5-6H2,1-4H3. The average molecular weight is 240 g/mol. The van der Waals surface area contributed by atoms with Crippen LogP contribution in [0.3, 0.4) is 0 Å². The van der Waals surface area contributed by atoms with Gasteiger partial charge in [0.05, 0.1) is 0 Å². The Morgan fingerprint density at radius 1 is 0.750 bits per heavy atom. The van der Waals surface area contributed by atoms with Crippen LogP contribution in [0.1, 0.15) is 27.7 Å². The van der Waals surface area contributed by atoms with Crippen molar-refractivity contribution in [3.8, 4) is 0 Å². The summed E-state index contributed by atoms with van der Waals surface area (Å²) < 4.78 is 0.742. The highest BCUT2D eigenvalue weighted by molar-refractivity contribution is 8.80. The van der Waals surface area contributed by atoms with Crippen LogP contribution < -0.4 is 0 Å². The lowest BCUT2D eigenvalue weighted by molar-refractivity contribution is 0.559. The molecule has 0 radical (unpaired) electrons. The zero-order valence-corrected chi connectivity index (χ0v) is 11.3. The fourth-order valence-electron chi connectivity index (χ4n) is 0.647. The van der Waals surface area contributed by atoms with Gasteiger partial charge in [0.25, 0.3) is 0 Å². The van der Waals surface area contributed by atoms with Gasteiger partial charge in [0, 0.05) is 21.0 Å². The molecule has 0 unspecified atom stereocenters. The summed E-state index contributed by atoms with van der Waals surface area (Å²) in [7, 11) is 8.13. The molecule has 0 aromatic rings. The molecule has 0 aliphatic carbocycles. The van der Waals surface area contributed by atoms with E-state index < -0.39 is 0 Å². The number of hydrogen-bond acceptors (Lipinski definition) is 4. The lowest BCUT2D eigenvalue weighted by Gasteiger charge is -2.40. The second-order valence-electron chi connectivity index (χ2n) is 3.83. The highest BCUT2D eigenvalue weighted by Gasteiger charge is 2.39. The van der Waals surface area contributed by atoms with Crippen LogP contribution >= 0.6 is 43.2 Å². The monoisotopic (exact) mass is 240 g/mol. The molecule has 0 spiro atoms. The van der Waals surface area contributed by atoms with Crippen molar-refractivity contribution in [2.24, 2.45) is 0 Å². The molecule has 12 heavy (non-hydrogen) atoms. The minimum absolute atomic E-state index is 0.371. The first-order valence-corrected chi connectivity index (χ1v) is 8.71. The van der Waals surface area contributed by atoms with Gasteiger partial charge in [0.15, 0.2) is 0 Å². The van der Waals surface area contributed by atoms with Gasteiger partial charge in [-0.1, -0.05) is 43.2 Å². The summed E-state index contributed by atoms with van der Waals surface area (Å²) >= 11 is 0. The highest BCUT2D eigenvalue weighted by atomic mass is 33.1. The molecule has 0 aromatic carbocycles. The highest BCUT2D eigenvalue weighted by Crippen LogP contribution is 2.54. The van der Waals surface area contributed by atoms with E-state index in [4.69, 9.17) is 0 Å². The van der Waals surface area contributed by atoms with E-state index in [-0.39, 0.29) is 0 Å². The van der Waals surface area contributed by atoms with Crippen molar-refractivity contribution in [1.82, 2.24) is 0 Å². The predicted octanol–water partition coefficient (Wildman–Crippen LogP) is 4.32. The predicted molar refractivity (Wildman–Crippen MR) is 68.3 cm³/mol. The normalized spacial score (nSPS) is 29.0. The molecule has 1 aliphatic heterocycles. The molecule has 1 heterocycles. The molecule has 0 aromatic heterocycles. The van der Waals surface area contributed by atoms with Crippen LogP contribution in [0.15, 0.2) is 0 Å². The third kappa shape index (κ3) is 2.69. The van der Waals surface area contributed by atoms with Gasteiger partial charge in [-0.15, -0.1) is 0 Å². The van der Waals surface area contributed by atoms with Crippen LogP contribution in [0.25, 0.3) is 0 Å². The maximum Gasteiger partial charge on any atom is 0.0356 e. The Morgan fingerprint density at radius 2 is 1.08 bits per heavy atom. The van der Waals surface area contributed by atoms with Crippen molar-refractivity contribution < 1.29 is 0 Å². The fraction of sp³-hybridized carbons (Fsp3) is 1.00. The van der Waals surface area contributed by atoms with E-state index in [1.165, 1.54) is 11.5 Å². The largest absolute Gasteiger partial charge is 0.0927 e. The van der Waals surface area contributed by atoms with Crippen LogP contribution in [0.2, 0.25) is 0 Å². The van der Waals surface area contributed by atoms with Crippen molar-refractivity contribution in [2.45, 2.75) is 37.2 Å². The van der Waals surface area contributed by atoms with Gasteiger partial charge in [-0.3, -0.25) is 0 Å². The molecule has 1 saturated heterocycles. The second-order valence-corrected chi connectivity index (χ2v) is 9.91. The van der Waals surface area contributed by atoms with E-state index in [0.29, 0.717) is 9.49 Å². The van der Waals surface area contributed by atoms with E-state index in [1.807, 2.05) is 43.2 Å². The van der Waals surface area contributed by atoms with Crippen LogP contribution in [-0.2, 0) is 0 Å². The quantitative estimate of drug-likeness (QED) is 0.578. The number of hydrogen-bond donors (Lipinski definition) is 0. The van der Waals surface area contributed by atoms with E-state index in [1.54, 1.807) is 0 Å². The molecule has 0 bridgehead atoms. The maximum atomic E-state index is 2.35. The van der Waals surface area contributed by atoms with Gasteiger partial charge >= 0.3 is 0 Å². The van der Waals surface area contributed by atoms with Gasteiger partial charge in [0.2, 0.25) is 0 Å². The molecule has 0 saturated carbocycles. The summed E-state index contributed by atoms with van der Waals surface area (Å²) in [5.41, 5.74) is 0. The zero-order chi connectivity index (χ0) is 9.24. The molecular weight excluding hydrogens is 224 g/mol. The van der Waals surface area contributed by atoms with Crippen molar-refractivity contribution in [3.05, 3.63) is 0 Å². The van der Waals surface area contributed by atoms with Gasteiger partial charge < -0.3 is 0 Å². The molecule has 1 aliphatic rings. The minimum Gasteiger partial charge on any atom is -0.0927 e. The third-order valence-electron chi connectivity index (χ3n) is 2.23. The van der Waals surface area contributed by atoms with Crippen LogP contribution in [0.4, 0.5) is 0 Å². The summed E-state index contributed by atoms with van der Waals surface area (Å²) in [6, 6.07) is 0. The lowest BCUT2D eigenvalue weighted by atomic mass is 9.98. The summed E-state index contributed by atoms with van der Waals surface area (Å²) in [6.45, 7) is 9.40. The average Bonchev–Trinajstić information content (AvgIpc) is 1.94. The second kappa shape index (κ2) is 4.28. The van der Waals surface area contributed by atoms with Crippen molar-refractivity contribution >= 4 is 43.2 Å². The zero-order valence-electron chi connectivity index (χ0n) is 8.05. The molecule has 0 nitrogen and oxygen atoms in total. The van der Waals surface area contributed by atoms with Crippen LogP contribution in [0, 0.1) is 0 Å². The van der Waals surface area contributed by atoms with Gasteiger partial charge in [0.1, 0.15) is 0 Å². The Bertz CT molecular complexity index is 135. The van der Waals surface area contributed by atoms with Crippen molar-refractivity contribution in [3.63, 3.8) is 0 Å². The Balaban J connectivity index is 2.66. The molecule has 4 heteroatoms. The molecule has 72 valence electrons.